The van der Waals surface area contributed by atoms with Gasteiger partial charge in [-0.1, -0.05) is 12.2 Å². The quantitative estimate of drug-likeness (QED) is 0.569. The first-order valence-corrected chi connectivity index (χ1v) is 4.92. The van der Waals surface area contributed by atoms with Crippen molar-refractivity contribution in [2.24, 2.45) is 5.73 Å². The van der Waals surface area contributed by atoms with Crippen LogP contribution >= 0.6 is 12.2 Å². The van der Waals surface area contributed by atoms with Crippen molar-refractivity contribution in [3.63, 3.8) is 0 Å². The van der Waals surface area contributed by atoms with Gasteiger partial charge < -0.3 is 15.8 Å². The molecule has 0 aliphatic carbocycles. The second-order valence-electron chi connectivity index (χ2n) is 3.01. The van der Waals surface area contributed by atoms with Gasteiger partial charge in [-0.25, -0.2) is 14.8 Å². The van der Waals surface area contributed by atoms with E-state index in [9.17, 15) is 4.79 Å². The maximum atomic E-state index is 11.2. The molecule has 0 aliphatic heterocycles. The second kappa shape index (κ2) is 5.36. The Morgan fingerprint density at radius 2 is 2.19 bits per heavy atom. The number of ether oxygens (including phenoxy) is 1. The summed E-state index contributed by atoms with van der Waals surface area (Å²) in [6.45, 7) is 1.64. The zero-order chi connectivity index (χ0) is 12.1. The van der Waals surface area contributed by atoms with Gasteiger partial charge >= 0.3 is 5.97 Å². The number of esters is 1. The van der Waals surface area contributed by atoms with Crippen LogP contribution in [0.3, 0.4) is 0 Å². The first-order chi connectivity index (χ1) is 7.56. The highest BCUT2D eigenvalue weighted by Crippen LogP contribution is 2.09. The highest BCUT2D eigenvalue weighted by molar-refractivity contribution is 7.80. The molecule has 1 heterocycles. The van der Waals surface area contributed by atoms with Crippen molar-refractivity contribution in [3.05, 3.63) is 18.1 Å². The molecule has 0 bridgehead atoms. The zero-order valence-electron chi connectivity index (χ0n) is 8.93. The molecule has 7 heteroatoms. The minimum atomic E-state index is -0.546. The van der Waals surface area contributed by atoms with Crippen molar-refractivity contribution in [2.45, 2.75) is 13.0 Å². The number of thiocarbonyl (C=S) groups is 1. The second-order valence-corrected chi connectivity index (χ2v) is 3.45. The highest BCUT2D eigenvalue weighted by atomic mass is 32.1. The van der Waals surface area contributed by atoms with Crippen LogP contribution < -0.4 is 11.1 Å². The summed E-state index contributed by atoms with van der Waals surface area (Å²) in [6, 6.07) is -0.546. The topological polar surface area (TPSA) is 90.1 Å². The molecule has 0 amide bonds. The molecule has 6 nitrogen and oxygen atoms in total. The summed E-state index contributed by atoms with van der Waals surface area (Å²) in [5.74, 6) is -0.0348. The average molecular weight is 240 g/mol. The molecule has 1 atom stereocenters. The summed E-state index contributed by atoms with van der Waals surface area (Å²) < 4.78 is 4.57. The molecule has 0 aliphatic rings. The van der Waals surface area contributed by atoms with E-state index in [0.717, 1.165) is 0 Å². The number of aromatic nitrogens is 2. The molecule has 3 N–H and O–H groups in total. The van der Waals surface area contributed by atoms with Gasteiger partial charge in [0.2, 0.25) is 0 Å². The number of methoxy groups -OCH3 is 1. The molecular formula is C9H12N4O2S. The Hall–Kier alpha value is -1.76. The lowest BCUT2D eigenvalue weighted by Crippen LogP contribution is -2.29. The van der Waals surface area contributed by atoms with Gasteiger partial charge in [-0.3, -0.25) is 0 Å². The lowest BCUT2D eigenvalue weighted by molar-refractivity contribution is -0.141. The fraction of sp³-hybridized carbons (Fsp3) is 0.333. The van der Waals surface area contributed by atoms with E-state index in [1.54, 1.807) is 6.92 Å². The van der Waals surface area contributed by atoms with Gasteiger partial charge in [0.25, 0.3) is 0 Å². The van der Waals surface area contributed by atoms with Crippen molar-refractivity contribution in [3.8, 4) is 0 Å². The number of rotatable bonds is 4. The van der Waals surface area contributed by atoms with Crippen LogP contribution in [0.2, 0.25) is 0 Å². The predicted octanol–water partition coefficient (Wildman–Crippen LogP) is 0.0842. The van der Waals surface area contributed by atoms with E-state index < -0.39 is 12.0 Å². The van der Waals surface area contributed by atoms with Crippen LogP contribution in [-0.4, -0.2) is 34.1 Å². The summed E-state index contributed by atoms with van der Waals surface area (Å²) in [7, 11) is 1.31. The van der Waals surface area contributed by atoms with Gasteiger partial charge in [-0.15, -0.1) is 0 Å². The Morgan fingerprint density at radius 3 is 2.75 bits per heavy atom. The third-order valence-corrected chi connectivity index (χ3v) is 2.03. The van der Waals surface area contributed by atoms with Crippen molar-refractivity contribution < 1.29 is 9.53 Å². The number of hydrogen-bond donors (Lipinski definition) is 2. The van der Waals surface area contributed by atoms with E-state index in [-0.39, 0.29) is 4.99 Å². The van der Waals surface area contributed by atoms with Gasteiger partial charge in [0.1, 0.15) is 16.7 Å². The van der Waals surface area contributed by atoms with Crippen molar-refractivity contribution in [1.29, 1.82) is 0 Å². The lowest BCUT2D eigenvalue weighted by Gasteiger charge is -2.13. The fourth-order valence-corrected chi connectivity index (χ4v) is 1.21. The van der Waals surface area contributed by atoms with Crippen LogP contribution in [0.15, 0.2) is 12.4 Å². The summed E-state index contributed by atoms with van der Waals surface area (Å²) >= 11 is 4.82. The monoisotopic (exact) mass is 240 g/mol. The Kier molecular flexibility index (Phi) is 4.12. The molecule has 0 saturated carbocycles. The molecule has 0 saturated heterocycles. The molecule has 1 aromatic heterocycles. The third-order valence-electron chi connectivity index (χ3n) is 1.84. The standard InChI is InChI=1S/C9H12N4O2S/c1-5(9(14)15-2)13-8-6(7(10)16)11-3-4-12-8/h3-5H,1-2H3,(H2,10,16)(H,12,13). The number of carbonyl (C=O) groups is 1. The number of nitrogens with one attached hydrogen (secondary N) is 1. The summed E-state index contributed by atoms with van der Waals surface area (Å²) in [6.07, 6.45) is 2.95. The van der Waals surface area contributed by atoms with Crippen LogP contribution in [0.4, 0.5) is 5.82 Å². The molecule has 1 rings (SSSR count). The fourth-order valence-electron chi connectivity index (χ4n) is 1.06. The molecule has 0 aromatic carbocycles. The van der Waals surface area contributed by atoms with E-state index in [1.807, 2.05) is 0 Å². The van der Waals surface area contributed by atoms with Gasteiger partial charge in [0.15, 0.2) is 5.82 Å². The van der Waals surface area contributed by atoms with Gasteiger partial charge in [0, 0.05) is 12.4 Å². The number of nitrogens with two attached hydrogens (primary N) is 1. The molecular weight excluding hydrogens is 228 g/mol. The van der Waals surface area contributed by atoms with Gasteiger partial charge in [-0.2, -0.15) is 0 Å². The largest absolute Gasteiger partial charge is 0.467 e. The molecule has 0 spiro atoms. The number of anilines is 1. The Labute approximate surface area is 98.2 Å². The van der Waals surface area contributed by atoms with Crippen LogP contribution in [0.1, 0.15) is 12.6 Å². The van der Waals surface area contributed by atoms with Crippen LogP contribution in [0, 0.1) is 0 Å². The van der Waals surface area contributed by atoms with Crippen molar-refractivity contribution in [2.75, 3.05) is 12.4 Å². The minimum Gasteiger partial charge on any atom is -0.467 e. The minimum absolute atomic E-state index is 0.118. The lowest BCUT2D eigenvalue weighted by atomic mass is 10.3. The van der Waals surface area contributed by atoms with Crippen LogP contribution in [0.5, 0.6) is 0 Å². The Bertz CT molecular complexity index is 410. The van der Waals surface area contributed by atoms with E-state index >= 15 is 0 Å². The van der Waals surface area contributed by atoms with Crippen molar-refractivity contribution >= 4 is 29.0 Å². The first-order valence-electron chi connectivity index (χ1n) is 4.51. The van der Waals surface area contributed by atoms with Gasteiger partial charge in [-0.05, 0) is 6.92 Å². The van der Waals surface area contributed by atoms with Gasteiger partial charge in [0.05, 0.1) is 7.11 Å². The van der Waals surface area contributed by atoms with E-state index in [0.29, 0.717) is 11.5 Å². The molecule has 0 radical (unpaired) electrons. The highest BCUT2D eigenvalue weighted by Gasteiger charge is 2.16. The van der Waals surface area contributed by atoms with Crippen LogP contribution in [-0.2, 0) is 9.53 Å². The summed E-state index contributed by atoms with van der Waals surface area (Å²) in [5.41, 5.74) is 5.83. The van der Waals surface area contributed by atoms with Crippen molar-refractivity contribution in [1.82, 2.24) is 9.97 Å². The number of nitrogens with zero attached hydrogens (tertiary/aromatic N) is 2. The molecule has 1 aromatic rings. The SMILES string of the molecule is COC(=O)C(C)Nc1nccnc1C(N)=S. The molecule has 1 unspecified atom stereocenters. The zero-order valence-corrected chi connectivity index (χ0v) is 9.75. The maximum absolute atomic E-state index is 11.2. The third kappa shape index (κ3) is 2.86. The summed E-state index contributed by atoms with van der Waals surface area (Å²) in [5, 5.41) is 2.83. The van der Waals surface area contributed by atoms with E-state index in [1.165, 1.54) is 19.5 Å². The smallest absolute Gasteiger partial charge is 0.328 e. The Morgan fingerprint density at radius 1 is 1.56 bits per heavy atom. The van der Waals surface area contributed by atoms with Crippen LogP contribution in [0.25, 0.3) is 0 Å². The summed E-state index contributed by atoms with van der Waals surface area (Å²) in [4.78, 5) is 19.3. The first kappa shape index (κ1) is 12.3. The van der Waals surface area contributed by atoms with E-state index in [2.05, 4.69) is 20.0 Å². The number of carbonyl (C=O) groups excluding carboxylic acids is 1. The Balaban J connectivity index is 2.88. The molecule has 86 valence electrons. The average Bonchev–Trinajstić information content (AvgIpc) is 2.28. The maximum Gasteiger partial charge on any atom is 0.328 e. The molecule has 16 heavy (non-hydrogen) atoms. The predicted molar refractivity (Wildman–Crippen MR) is 63.0 cm³/mol. The molecule has 0 fully saturated rings. The normalized spacial score (nSPS) is 11.6. The number of hydrogen-bond acceptors (Lipinski definition) is 6. The van der Waals surface area contributed by atoms with E-state index in [4.69, 9.17) is 18.0 Å².